The van der Waals surface area contributed by atoms with Crippen molar-refractivity contribution in [3.8, 4) is 0 Å². The zero-order valence-corrected chi connectivity index (χ0v) is 13.2. The Balaban J connectivity index is 1.79. The van der Waals surface area contributed by atoms with Crippen LogP contribution in [0.4, 0.5) is 4.79 Å². The molecular formula is C15H23N3O2S. The van der Waals surface area contributed by atoms with Crippen molar-refractivity contribution in [2.24, 2.45) is 5.92 Å². The van der Waals surface area contributed by atoms with Crippen molar-refractivity contribution >= 4 is 23.3 Å². The summed E-state index contributed by atoms with van der Waals surface area (Å²) in [5, 5.41) is 7.84. The number of nitrogens with one attached hydrogen (secondary N) is 2. The van der Waals surface area contributed by atoms with E-state index in [2.05, 4.69) is 10.6 Å². The summed E-state index contributed by atoms with van der Waals surface area (Å²) in [4.78, 5) is 27.1. The first-order valence-corrected chi connectivity index (χ1v) is 8.41. The number of hydrogen-bond donors (Lipinski definition) is 2. The summed E-state index contributed by atoms with van der Waals surface area (Å²) in [6, 6.07) is 3.90. The molecule has 1 aromatic rings. The Morgan fingerprint density at radius 2 is 2.29 bits per heavy atom. The fourth-order valence-corrected chi connectivity index (χ4v) is 3.10. The molecule has 0 radical (unpaired) electrons. The summed E-state index contributed by atoms with van der Waals surface area (Å²) < 4.78 is 0. The molecule has 1 aliphatic heterocycles. The van der Waals surface area contributed by atoms with E-state index in [0.717, 1.165) is 30.7 Å². The normalized spacial score (nSPS) is 18.3. The van der Waals surface area contributed by atoms with Gasteiger partial charge in [-0.3, -0.25) is 4.79 Å². The molecule has 2 N–H and O–H groups in total. The highest BCUT2D eigenvalue weighted by molar-refractivity contribution is 7.09. The summed E-state index contributed by atoms with van der Waals surface area (Å²) in [6.45, 7) is 4.55. The maximum Gasteiger partial charge on any atom is 0.317 e. The van der Waals surface area contributed by atoms with Crippen LogP contribution >= 0.6 is 11.3 Å². The van der Waals surface area contributed by atoms with Gasteiger partial charge >= 0.3 is 6.03 Å². The Kier molecular flexibility index (Phi) is 6.04. The number of likely N-dealkylation sites (tertiary alicyclic amines) is 1. The van der Waals surface area contributed by atoms with Crippen LogP contribution in [0.3, 0.4) is 0 Å². The lowest BCUT2D eigenvalue weighted by Crippen LogP contribution is -2.48. The van der Waals surface area contributed by atoms with E-state index in [1.807, 2.05) is 24.4 Å². The van der Waals surface area contributed by atoms with Gasteiger partial charge in [-0.2, -0.15) is 0 Å². The van der Waals surface area contributed by atoms with Gasteiger partial charge in [0, 0.05) is 24.5 Å². The molecule has 6 heteroatoms. The monoisotopic (exact) mass is 309 g/mol. The predicted octanol–water partition coefficient (Wildman–Crippen LogP) is 2.20. The van der Waals surface area contributed by atoms with Gasteiger partial charge in [-0.05, 0) is 30.7 Å². The van der Waals surface area contributed by atoms with Crippen LogP contribution in [0.2, 0.25) is 0 Å². The van der Waals surface area contributed by atoms with Crippen LogP contribution in [-0.2, 0) is 11.3 Å². The van der Waals surface area contributed by atoms with E-state index in [0.29, 0.717) is 19.6 Å². The van der Waals surface area contributed by atoms with Crippen molar-refractivity contribution in [3.63, 3.8) is 0 Å². The van der Waals surface area contributed by atoms with Gasteiger partial charge in [0.25, 0.3) is 0 Å². The van der Waals surface area contributed by atoms with Gasteiger partial charge in [-0.25, -0.2) is 4.79 Å². The fourth-order valence-electron chi connectivity index (χ4n) is 2.46. The quantitative estimate of drug-likeness (QED) is 0.876. The first-order valence-electron chi connectivity index (χ1n) is 7.53. The molecule has 3 amide bonds. The van der Waals surface area contributed by atoms with E-state index in [1.165, 1.54) is 0 Å². The van der Waals surface area contributed by atoms with Gasteiger partial charge < -0.3 is 15.5 Å². The average Bonchev–Trinajstić information content (AvgIpc) is 3.03. The Morgan fingerprint density at radius 3 is 3.00 bits per heavy atom. The highest BCUT2D eigenvalue weighted by atomic mass is 32.1. The molecule has 21 heavy (non-hydrogen) atoms. The number of nitrogens with zero attached hydrogens (tertiary/aromatic N) is 1. The lowest BCUT2D eigenvalue weighted by atomic mass is 9.97. The molecule has 1 aliphatic rings. The molecule has 0 spiro atoms. The van der Waals surface area contributed by atoms with Crippen molar-refractivity contribution in [2.45, 2.75) is 32.7 Å². The minimum Gasteiger partial charge on any atom is -0.356 e. The third kappa shape index (κ3) is 4.74. The second-order valence-corrected chi connectivity index (χ2v) is 6.35. The highest BCUT2D eigenvalue weighted by Gasteiger charge is 2.27. The standard InChI is InChI=1S/C15H23N3O2S/c1-2-7-16-14(19)12-5-3-8-18(11-12)15(20)17-10-13-6-4-9-21-13/h4,6,9,12H,2-3,5,7-8,10-11H2,1H3,(H,16,19)(H,17,20). The van der Waals surface area contributed by atoms with Crippen LogP contribution in [0, 0.1) is 5.92 Å². The zero-order valence-electron chi connectivity index (χ0n) is 12.4. The van der Waals surface area contributed by atoms with Crippen LogP contribution in [0.5, 0.6) is 0 Å². The Morgan fingerprint density at radius 1 is 1.43 bits per heavy atom. The molecular weight excluding hydrogens is 286 g/mol. The molecule has 0 saturated carbocycles. The highest BCUT2D eigenvalue weighted by Crippen LogP contribution is 2.17. The molecule has 1 atom stereocenters. The third-order valence-corrected chi connectivity index (χ3v) is 4.50. The lowest BCUT2D eigenvalue weighted by molar-refractivity contribution is -0.126. The van der Waals surface area contributed by atoms with E-state index in [9.17, 15) is 9.59 Å². The van der Waals surface area contributed by atoms with Gasteiger partial charge in [0.2, 0.25) is 5.91 Å². The summed E-state index contributed by atoms with van der Waals surface area (Å²) in [7, 11) is 0. The smallest absolute Gasteiger partial charge is 0.317 e. The number of carbonyl (C=O) groups excluding carboxylic acids is 2. The van der Waals surface area contributed by atoms with Crippen LogP contribution in [0.25, 0.3) is 0 Å². The van der Waals surface area contributed by atoms with Crippen molar-refractivity contribution in [3.05, 3.63) is 22.4 Å². The van der Waals surface area contributed by atoms with Gasteiger partial charge in [-0.15, -0.1) is 11.3 Å². The topological polar surface area (TPSA) is 61.4 Å². The average molecular weight is 309 g/mol. The Labute approximate surface area is 129 Å². The second-order valence-electron chi connectivity index (χ2n) is 5.31. The number of amides is 3. The molecule has 2 rings (SSSR count). The summed E-state index contributed by atoms with van der Waals surface area (Å²) >= 11 is 1.63. The summed E-state index contributed by atoms with van der Waals surface area (Å²) in [5.41, 5.74) is 0. The molecule has 1 fully saturated rings. The number of urea groups is 1. The number of carbonyl (C=O) groups is 2. The van der Waals surface area contributed by atoms with Crippen molar-refractivity contribution < 1.29 is 9.59 Å². The number of rotatable bonds is 5. The van der Waals surface area contributed by atoms with Gasteiger partial charge in [0.15, 0.2) is 0 Å². The molecule has 0 aliphatic carbocycles. The summed E-state index contributed by atoms with van der Waals surface area (Å²) in [6.07, 6.45) is 2.68. The van der Waals surface area contributed by atoms with Gasteiger partial charge in [0.05, 0.1) is 12.5 Å². The Bertz CT molecular complexity index is 461. The van der Waals surface area contributed by atoms with E-state index < -0.39 is 0 Å². The largest absolute Gasteiger partial charge is 0.356 e. The van der Waals surface area contributed by atoms with Gasteiger partial charge in [-0.1, -0.05) is 13.0 Å². The maximum absolute atomic E-state index is 12.2. The molecule has 2 heterocycles. The first-order chi connectivity index (χ1) is 10.2. The molecule has 0 aromatic carbocycles. The molecule has 5 nitrogen and oxygen atoms in total. The predicted molar refractivity (Wildman–Crippen MR) is 84.2 cm³/mol. The van der Waals surface area contributed by atoms with Crippen LogP contribution in [0.1, 0.15) is 31.1 Å². The lowest BCUT2D eigenvalue weighted by Gasteiger charge is -2.32. The fraction of sp³-hybridized carbons (Fsp3) is 0.600. The number of hydrogen-bond acceptors (Lipinski definition) is 3. The second kappa shape index (κ2) is 8.02. The summed E-state index contributed by atoms with van der Waals surface area (Å²) in [5.74, 6) is 0.00499. The molecule has 0 bridgehead atoms. The molecule has 1 saturated heterocycles. The molecule has 116 valence electrons. The van der Waals surface area contributed by atoms with E-state index in [-0.39, 0.29) is 17.9 Å². The molecule has 1 unspecified atom stereocenters. The van der Waals surface area contributed by atoms with E-state index in [1.54, 1.807) is 16.2 Å². The number of thiophene rings is 1. The van der Waals surface area contributed by atoms with Crippen molar-refractivity contribution in [2.75, 3.05) is 19.6 Å². The SMILES string of the molecule is CCCNC(=O)C1CCCN(C(=O)NCc2cccs2)C1. The van der Waals surface area contributed by atoms with E-state index in [4.69, 9.17) is 0 Å². The van der Waals surface area contributed by atoms with E-state index >= 15 is 0 Å². The van der Waals surface area contributed by atoms with Gasteiger partial charge in [0.1, 0.15) is 0 Å². The molecule has 1 aromatic heterocycles. The minimum atomic E-state index is -0.0728. The number of piperidine rings is 1. The first kappa shape index (κ1) is 15.8. The Hall–Kier alpha value is -1.56. The van der Waals surface area contributed by atoms with Crippen molar-refractivity contribution in [1.82, 2.24) is 15.5 Å². The van der Waals surface area contributed by atoms with Crippen LogP contribution in [-0.4, -0.2) is 36.5 Å². The third-order valence-electron chi connectivity index (χ3n) is 3.62. The van der Waals surface area contributed by atoms with Crippen LogP contribution < -0.4 is 10.6 Å². The van der Waals surface area contributed by atoms with Crippen molar-refractivity contribution in [1.29, 1.82) is 0 Å². The minimum absolute atomic E-state index is 0.0715. The maximum atomic E-state index is 12.2. The zero-order chi connectivity index (χ0) is 15.1. The van der Waals surface area contributed by atoms with Crippen LogP contribution in [0.15, 0.2) is 17.5 Å².